The number of rotatable bonds is 5. The van der Waals surface area contributed by atoms with Gasteiger partial charge in [0.25, 0.3) is 12.1 Å². The molecule has 1 atom stereocenters. The number of nitrogens with one attached hydrogen (secondary N) is 1. The number of hydrogen-bond donors (Lipinski definition) is 1. The van der Waals surface area contributed by atoms with E-state index in [-0.39, 0.29) is 17.3 Å². The van der Waals surface area contributed by atoms with Gasteiger partial charge >= 0.3 is 0 Å². The minimum Gasteiger partial charge on any atom is -0.382 e. The zero-order valence-corrected chi connectivity index (χ0v) is 10.6. The summed E-state index contributed by atoms with van der Waals surface area (Å²) in [5, 5.41) is 13.7. The first-order chi connectivity index (χ1) is 8.99. The number of alkyl halides is 2. The first-order valence-corrected chi connectivity index (χ1v) is 6.32. The molecule has 104 valence electrons. The molecule has 0 radical (unpaired) electrons. The van der Waals surface area contributed by atoms with Crippen molar-refractivity contribution in [3.05, 3.63) is 33.9 Å². The smallest absolute Gasteiger partial charge is 0.270 e. The third kappa shape index (κ3) is 3.00. The van der Waals surface area contributed by atoms with E-state index in [0.717, 1.165) is 18.9 Å². The van der Waals surface area contributed by atoms with Crippen LogP contribution in [0.3, 0.4) is 0 Å². The topological polar surface area (TPSA) is 55.2 Å². The van der Waals surface area contributed by atoms with E-state index in [2.05, 4.69) is 5.32 Å². The molecule has 1 unspecified atom stereocenters. The van der Waals surface area contributed by atoms with Gasteiger partial charge in [-0.15, -0.1) is 0 Å². The monoisotopic (exact) mass is 270 g/mol. The molecule has 1 N–H and O–H groups in total. The van der Waals surface area contributed by atoms with Gasteiger partial charge in [-0.25, -0.2) is 8.78 Å². The highest BCUT2D eigenvalue weighted by molar-refractivity contribution is 5.57. The average molecular weight is 270 g/mol. The Hall–Kier alpha value is -1.72. The van der Waals surface area contributed by atoms with Crippen LogP contribution in [0.2, 0.25) is 0 Å². The lowest BCUT2D eigenvalue weighted by molar-refractivity contribution is -0.385. The molecule has 0 heterocycles. The quantitative estimate of drug-likeness (QED) is 0.646. The fourth-order valence-corrected chi connectivity index (χ4v) is 2.28. The standard InChI is InChI=1S/C13H16F2N2O2/c1-8(9-3-2-4-9)16-12-6-5-10(17(18)19)7-11(12)13(14)15/h5-9,13,16H,2-4H2,1H3. The minimum absolute atomic E-state index is 0.104. The highest BCUT2D eigenvalue weighted by Gasteiger charge is 2.25. The van der Waals surface area contributed by atoms with Crippen LogP contribution in [0, 0.1) is 16.0 Å². The second-order valence-electron chi connectivity index (χ2n) is 4.95. The maximum Gasteiger partial charge on any atom is 0.270 e. The van der Waals surface area contributed by atoms with Crippen LogP contribution in [0.1, 0.15) is 38.2 Å². The second-order valence-corrected chi connectivity index (χ2v) is 4.95. The molecular weight excluding hydrogens is 254 g/mol. The molecule has 1 saturated carbocycles. The molecule has 6 heteroatoms. The Morgan fingerprint density at radius 2 is 2.11 bits per heavy atom. The number of non-ortho nitro benzene ring substituents is 1. The predicted octanol–water partition coefficient (Wildman–Crippen LogP) is 4.13. The van der Waals surface area contributed by atoms with Gasteiger partial charge in [-0.3, -0.25) is 10.1 Å². The summed E-state index contributed by atoms with van der Waals surface area (Å²) in [6, 6.07) is 3.67. The van der Waals surface area contributed by atoms with Crippen LogP contribution >= 0.6 is 0 Å². The van der Waals surface area contributed by atoms with Gasteiger partial charge in [-0.1, -0.05) is 6.42 Å². The maximum absolute atomic E-state index is 13.0. The summed E-state index contributed by atoms with van der Waals surface area (Å²) in [5.74, 6) is 0.501. The van der Waals surface area contributed by atoms with Crippen LogP contribution in [0.5, 0.6) is 0 Å². The molecule has 1 aromatic carbocycles. The van der Waals surface area contributed by atoms with E-state index >= 15 is 0 Å². The third-order valence-electron chi connectivity index (χ3n) is 3.72. The summed E-state index contributed by atoms with van der Waals surface area (Å²) < 4.78 is 25.9. The van der Waals surface area contributed by atoms with Crippen molar-refractivity contribution in [1.82, 2.24) is 0 Å². The number of anilines is 1. The Labute approximate surface area is 110 Å². The SMILES string of the molecule is CC(Nc1ccc([N+](=O)[O-])cc1C(F)F)C1CCC1. The summed E-state index contributed by atoms with van der Waals surface area (Å²) in [6.45, 7) is 1.96. The molecule has 0 aliphatic heterocycles. The second kappa shape index (κ2) is 5.50. The summed E-state index contributed by atoms with van der Waals surface area (Å²) in [7, 11) is 0. The summed E-state index contributed by atoms with van der Waals surface area (Å²) in [4.78, 5) is 9.95. The number of nitrogens with zero attached hydrogens (tertiary/aromatic N) is 1. The lowest BCUT2D eigenvalue weighted by Crippen LogP contribution is -2.31. The van der Waals surface area contributed by atoms with Crippen LogP contribution in [0.15, 0.2) is 18.2 Å². The van der Waals surface area contributed by atoms with Crippen molar-refractivity contribution >= 4 is 11.4 Å². The molecule has 1 aliphatic rings. The van der Waals surface area contributed by atoms with Crippen molar-refractivity contribution < 1.29 is 13.7 Å². The molecule has 19 heavy (non-hydrogen) atoms. The van der Waals surface area contributed by atoms with Gasteiger partial charge in [0.2, 0.25) is 0 Å². The van der Waals surface area contributed by atoms with Crippen molar-refractivity contribution in [3.63, 3.8) is 0 Å². The molecular formula is C13H16F2N2O2. The molecule has 0 aromatic heterocycles. The van der Waals surface area contributed by atoms with Gasteiger partial charge in [0, 0.05) is 29.4 Å². The lowest BCUT2D eigenvalue weighted by atomic mass is 9.80. The maximum atomic E-state index is 13.0. The van der Waals surface area contributed by atoms with Crippen molar-refractivity contribution in [2.45, 2.75) is 38.7 Å². The molecule has 2 rings (SSSR count). The molecule has 1 fully saturated rings. The van der Waals surface area contributed by atoms with Crippen molar-refractivity contribution in [1.29, 1.82) is 0 Å². The zero-order chi connectivity index (χ0) is 14.0. The molecule has 1 aromatic rings. The van der Waals surface area contributed by atoms with Crippen LogP contribution in [-0.2, 0) is 0 Å². The molecule has 0 bridgehead atoms. The van der Waals surface area contributed by atoms with E-state index in [1.165, 1.54) is 18.6 Å². The number of nitro benzene ring substituents is 1. The van der Waals surface area contributed by atoms with Gasteiger partial charge < -0.3 is 5.32 Å². The van der Waals surface area contributed by atoms with Crippen LogP contribution in [-0.4, -0.2) is 11.0 Å². The van der Waals surface area contributed by atoms with Crippen molar-refractivity contribution in [2.75, 3.05) is 5.32 Å². The highest BCUT2D eigenvalue weighted by atomic mass is 19.3. The number of hydrogen-bond acceptors (Lipinski definition) is 3. The number of halogens is 2. The molecule has 0 amide bonds. The Morgan fingerprint density at radius 3 is 2.58 bits per heavy atom. The zero-order valence-electron chi connectivity index (χ0n) is 10.6. The summed E-state index contributed by atoms with van der Waals surface area (Å²) >= 11 is 0. The normalized spacial score (nSPS) is 17.1. The minimum atomic E-state index is -2.73. The van der Waals surface area contributed by atoms with Crippen molar-refractivity contribution in [3.8, 4) is 0 Å². The van der Waals surface area contributed by atoms with Crippen LogP contribution < -0.4 is 5.32 Å². The molecule has 0 saturated heterocycles. The molecule has 0 spiro atoms. The third-order valence-corrected chi connectivity index (χ3v) is 3.72. The van der Waals surface area contributed by atoms with Crippen LogP contribution in [0.25, 0.3) is 0 Å². The van der Waals surface area contributed by atoms with E-state index in [1.807, 2.05) is 6.92 Å². The van der Waals surface area contributed by atoms with Crippen molar-refractivity contribution in [2.24, 2.45) is 5.92 Å². The van der Waals surface area contributed by atoms with E-state index in [1.54, 1.807) is 0 Å². The number of benzene rings is 1. The summed E-state index contributed by atoms with van der Waals surface area (Å²) in [5.41, 5.74) is -0.322. The Bertz CT molecular complexity index is 476. The van der Waals surface area contributed by atoms with Gasteiger partial charge in [0.15, 0.2) is 0 Å². The highest BCUT2D eigenvalue weighted by Crippen LogP contribution is 2.35. The van der Waals surface area contributed by atoms with Gasteiger partial charge in [0.05, 0.1) is 4.92 Å². The van der Waals surface area contributed by atoms with E-state index in [0.29, 0.717) is 11.6 Å². The largest absolute Gasteiger partial charge is 0.382 e. The molecule has 1 aliphatic carbocycles. The van der Waals surface area contributed by atoms with Gasteiger partial charge in [-0.2, -0.15) is 0 Å². The molecule has 4 nitrogen and oxygen atoms in total. The first kappa shape index (κ1) is 13.7. The van der Waals surface area contributed by atoms with E-state index in [4.69, 9.17) is 0 Å². The first-order valence-electron chi connectivity index (χ1n) is 6.32. The fraction of sp³-hybridized carbons (Fsp3) is 0.538. The predicted molar refractivity (Wildman–Crippen MR) is 68.5 cm³/mol. The Morgan fingerprint density at radius 1 is 1.42 bits per heavy atom. The van der Waals surface area contributed by atoms with Crippen LogP contribution in [0.4, 0.5) is 20.2 Å². The lowest BCUT2D eigenvalue weighted by Gasteiger charge is -2.33. The Kier molecular flexibility index (Phi) is 3.97. The van der Waals surface area contributed by atoms with Gasteiger partial charge in [-0.05, 0) is 31.7 Å². The Balaban J connectivity index is 2.20. The van der Waals surface area contributed by atoms with E-state index < -0.39 is 11.3 Å². The van der Waals surface area contributed by atoms with E-state index in [9.17, 15) is 18.9 Å². The fourth-order valence-electron chi connectivity index (χ4n) is 2.28. The number of nitro groups is 1. The summed E-state index contributed by atoms with van der Waals surface area (Å²) in [6.07, 6.45) is 0.658. The van der Waals surface area contributed by atoms with Gasteiger partial charge in [0.1, 0.15) is 0 Å². The average Bonchev–Trinajstić information content (AvgIpc) is 2.26.